The van der Waals surface area contributed by atoms with Crippen molar-refractivity contribution in [2.75, 3.05) is 0 Å². The third-order valence-corrected chi connectivity index (χ3v) is 4.78. The largest absolute Gasteiger partial charge is 0.416 e. The molecular weight excluding hydrogens is 329 g/mol. The predicted octanol–water partition coefficient (Wildman–Crippen LogP) is 5.44. The van der Waals surface area contributed by atoms with E-state index < -0.39 is 11.7 Å². The Bertz CT molecular complexity index is 884. The molecule has 0 unspecified atom stereocenters. The van der Waals surface area contributed by atoms with E-state index in [1.54, 1.807) is 6.08 Å². The van der Waals surface area contributed by atoms with Gasteiger partial charge in [0.15, 0.2) is 0 Å². The number of nitriles is 1. The van der Waals surface area contributed by atoms with Gasteiger partial charge >= 0.3 is 6.18 Å². The summed E-state index contributed by atoms with van der Waals surface area (Å²) in [6.45, 7) is 0. The number of nitrogens with zero attached hydrogens (tertiary/aromatic N) is 2. The van der Waals surface area contributed by atoms with E-state index in [-0.39, 0.29) is 5.52 Å². The van der Waals surface area contributed by atoms with Gasteiger partial charge in [-0.05, 0) is 35.7 Å². The van der Waals surface area contributed by atoms with Crippen molar-refractivity contribution in [1.82, 2.24) is 4.98 Å². The second-order valence-electron chi connectivity index (χ2n) is 4.38. The van der Waals surface area contributed by atoms with Crippen LogP contribution in [0, 0.1) is 11.3 Å². The highest BCUT2D eigenvalue weighted by atomic mass is 32.1. The van der Waals surface area contributed by atoms with E-state index in [0.29, 0.717) is 15.3 Å². The number of fused-ring (bicyclic) bond motifs is 1. The summed E-state index contributed by atoms with van der Waals surface area (Å²) in [7, 11) is 0. The summed E-state index contributed by atoms with van der Waals surface area (Å²) in [6, 6.07) is 9.20. The molecule has 2 heterocycles. The second-order valence-corrected chi connectivity index (χ2v) is 6.39. The Kier molecular flexibility index (Phi) is 3.72. The molecule has 0 aliphatic rings. The van der Waals surface area contributed by atoms with Crippen LogP contribution < -0.4 is 0 Å². The molecule has 0 radical (unpaired) electrons. The van der Waals surface area contributed by atoms with Gasteiger partial charge < -0.3 is 0 Å². The average Bonchev–Trinajstić information content (AvgIpc) is 3.11. The Morgan fingerprint density at radius 1 is 1.27 bits per heavy atom. The van der Waals surface area contributed by atoms with Gasteiger partial charge in [0.2, 0.25) is 0 Å². The summed E-state index contributed by atoms with van der Waals surface area (Å²) in [5.41, 5.74) is -0.142. The third kappa shape index (κ3) is 2.89. The first-order valence-electron chi connectivity index (χ1n) is 6.11. The minimum Gasteiger partial charge on any atom is -0.235 e. The van der Waals surface area contributed by atoms with Crippen molar-refractivity contribution in [3.8, 4) is 6.07 Å². The van der Waals surface area contributed by atoms with Gasteiger partial charge in [0, 0.05) is 4.88 Å². The number of thiophene rings is 1. The first-order chi connectivity index (χ1) is 10.5. The zero-order chi connectivity index (χ0) is 15.7. The maximum atomic E-state index is 12.7. The number of rotatable bonds is 2. The van der Waals surface area contributed by atoms with Crippen molar-refractivity contribution in [3.05, 3.63) is 51.2 Å². The lowest BCUT2D eigenvalue weighted by Crippen LogP contribution is -2.03. The second kappa shape index (κ2) is 5.55. The van der Waals surface area contributed by atoms with Crippen LogP contribution in [0.4, 0.5) is 13.2 Å². The maximum Gasteiger partial charge on any atom is 0.416 e. The number of benzene rings is 1. The molecule has 0 aliphatic carbocycles. The molecule has 22 heavy (non-hydrogen) atoms. The van der Waals surface area contributed by atoms with Crippen LogP contribution in [0.25, 0.3) is 21.9 Å². The highest BCUT2D eigenvalue weighted by molar-refractivity contribution is 7.19. The monoisotopic (exact) mass is 336 g/mol. The van der Waals surface area contributed by atoms with E-state index >= 15 is 0 Å². The number of hydrogen-bond donors (Lipinski definition) is 0. The number of alkyl halides is 3. The van der Waals surface area contributed by atoms with Crippen LogP contribution in [0.3, 0.4) is 0 Å². The molecule has 1 aromatic carbocycles. The van der Waals surface area contributed by atoms with Crippen LogP contribution in [0.1, 0.15) is 15.4 Å². The molecule has 0 spiro atoms. The lowest BCUT2D eigenvalue weighted by molar-refractivity contribution is -0.137. The average molecular weight is 336 g/mol. The minimum atomic E-state index is -4.40. The van der Waals surface area contributed by atoms with Gasteiger partial charge in [0.05, 0.1) is 21.4 Å². The van der Waals surface area contributed by atoms with E-state index in [0.717, 1.165) is 17.0 Å². The molecule has 0 aliphatic heterocycles. The van der Waals surface area contributed by atoms with E-state index in [1.165, 1.54) is 28.7 Å². The quantitative estimate of drug-likeness (QED) is 0.584. The van der Waals surface area contributed by atoms with Gasteiger partial charge in [-0.3, -0.25) is 0 Å². The zero-order valence-corrected chi connectivity index (χ0v) is 12.5. The number of aromatic nitrogens is 1. The summed E-state index contributed by atoms with van der Waals surface area (Å²) in [4.78, 5) is 5.07. The van der Waals surface area contributed by atoms with Gasteiger partial charge in [-0.25, -0.2) is 4.98 Å². The highest BCUT2D eigenvalue weighted by Crippen LogP contribution is 2.34. The van der Waals surface area contributed by atoms with Gasteiger partial charge in [-0.15, -0.1) is 22.7 Å². The minimum absolute atomic E-state index is 0.252. The fourth-order valence-corrected chi connectivity index (χ4v) is 3.45. The summed E-state index contributed by atoms with van der Waals surface area (Å²) in [5, 5.41) is 11.6. The van der Waals surface area contributed by atoms with Crippen LogP contribution in [0.15, 0.2) is 35.7 Å². The molecule has 0 bridgehead atoms. The van der Waals surface area contributed by atoms with Crippen LogP contribution >= 0.6 is 22.7 Å². The highest BCUT2D eigenvalue weighted by Gasteiger charge is 2.30. The Hall–Kier alpha value is -2.17. The molecule has 0 atom stereocenters. The van der Waals surface area contributed by atoms with E-state index in [1.807, 2.05) is 17.5 Å². The molecule has 0 N–H and O–H groups in total. The predicted molar refractivity (Wildman–Crippen MR) is 82.4 cm³/mol. The van der Waals surface area contributed by atoms with E-state index in [9.17, 15) is 18.4 Å². The smallest absolute Gasteiger partial charge is 0.235 e. The number of hydrogen-bond acceptors (Lipinski definition) is 4. The standard InChI is InChI=1S/C15H7F3N2S2/c16-15(17,18)10-3-4-13-12(7-10)20-14(22-13)9(8-19)6-11-2-1-5-21-11/h1-7H. The summed E-state index contributed by atoms with van der Waals surface area (Å²) in [5.74, 6) is 0. The summed E-state index contributed by atoms with van der Waals surface area (Å²) < 4.78 is 38.8. The van der Waals surface area contributed by atoms with Gasteiger partial charge in [0.25, 0.3) is 0 Å². The van der Waals surface area contributed by atoms with Crippen molar-refractivity contribution in [2.24, 2.45) is 0 Å². The summed E-state index contributed by atoms with van der Waals surface area (Å²) >= 11 is 2.68. The Balaban J connectivity index is 2.07. The van der Waals surface area contributed by atoms with Gasteiger partial charge in [0.1, 0.15) is 11.1 Å². The summed E-state index contributed by atoms with van der Waals surface area (Å²) in [6.07, 6.45) is -2.71. The molecule has 2 aromatic heterocycles. The molecular formula is C15H7F3N2S2. The first kappa shape index (κ1) is 14.8. The number of thiazole rings is 1. The molecule has 2 nitrogen and oxygen atoms in total. The Morgan fingerprint density at radius 2 is 2.09 bits per heavy atom. The van der Waals surface area contributed by atoms with Crippen LogP contribution in [-0.4, -0.2) is 4.98 Å². The van der Waals surface area contributed by atoms with Gasteiger partial charge in [-0.2, -0.15) is 18.4 Å². The van der Waals surface area contributed by atoms with Crippen molar-refractivity contribution in [3.63, 3.8) is 0 Å². The van der Waals surface area contributed by atoms with Crippen LogP contribution in [-0.2, 0) is 6.18 Å². The van der Waals surface area contributed by atoms with Crippen molar-refractivity contribution in [2.45, 2.75) is 6.18 Å². The van der Waals surface area contributed by atoms with E-state index in [2.05, 4.69) is 11.1 Å². The molecule has 110 valence electrons. The SMILES string of the molecule is N#CC(=Cc1cccs1)c1nc2cc(C(F)(F)F)ccc2s1. The molecule has 0 fully saturated rings. The number of allylic oxidation sites excluding steroid dienone is 1. The third-order valence-electron chi connectivity index (χ3n) is 2.90. The Labute approximate surface area is 131 Å². The maximum absolute atomic E-state index is 12.7. The lowest BCUT2D eigenvalue weighted by Gasteiger charge is -2.04. The molecule has 3 rings (SSSR count). The zero-order valence-electron chi connectivity index (χ0n) is 10.9. The fourth-order valence-electron chi connectivity index (χ4n) is 1.88. The molecule has 3 aromatic rings. The van der Waals surface area contributed by atoms with Crippen molar-refractivity contribution >= 4 is 44.5 Å². The van der Waals surface area contributed by atoms with Gasteiger partial charge in [-0.1, -0.05) is 6.07 Å². The van der Waals surface area contributed by atoms with Crippen molar-refractivity contribution < 1.29 is 13.2 Å². The van der Waals surface area contributed by atoms with Crippen LogP contribution in [0.2, 0.25) is 0 Å². The fraction of sp³-hybridized carbons (Fsp3) is 0.0667. The number of halogens is 3. The van der Waals surface area contributed by atoms with Crippen molar-refractivity contribution in [1.29, 1.82) is 5.26 Å². The molecule has 0 saturated carbocycles. The van der Waals surface area contributed by atoms with Crippen LogP contribution in [0.5, 0.6) is 0 Å². The van der Waals surface area contributed by atoms with E-state index in [4.69, 9.17) is 0 Å². The Morgan fingerprint density at radius 3 is 2.73 bits per heavy atom. The topological polar surface area (TPSA) is 36.7 Å². The lowest BCUT2D eigenvalue weighted by atomic mass is 10.2. The first-order valence-corrected chi connectivity index (χ1v) is 7.80. The normalized spacial score (nSPS) is 12.5. The molecule has 0 amide bonds. The molecule has 7 heteroatoms. The molecule has 0 saturated heterocycles.